The molecule has 2 aliphatic rings. The summed E-state index contributed by atoms with van der Waals surface area (Å²) in [6, 6.07) is 7.81. The van der Waals surface area contributed by atoms with Crippen molar-refractivity contribution in [1.82, 2.24) is 0 Å². The Balaban J connectivity index is 1.49. The lowest BCUT2D eigenvalue weighted by molar-refractivity contribution is -0.275. The molecule has 1 fully saturated rings. The van der Waals surface area contributed by atoms with Gasteiger partial charge in [-0.25, -0.2) is 8.78 Å². The number of allylic oxidation sites excluding steroid dienone is 2. The van der Waals surface area contributed by atoms with Crippen LogP contribution in [0.25, 0.3) is 5.57 Å². The number of alkyl halides is 3. The maximum Gasteiger partial charge on any atom is 0.573 e. The van der Waals surface area contributed by atoms with E-state index in [1.165, 1.54) is 31.7 Å². The molecule has 0 spiro atoms. The quantitative estimate of drug-likeness (QED) is 0.418. The van der Waals surface area contributed by atoms with Crippen LogP contribution < -0.4 is 4.74 Å². The third-order valence-corrected chi connectivity index (χ3v) is 6.82. The van der Waals surface area contributed by atoms with E-state index in [1.54, 1.807) is 18.2 Å². The zero-order valence-electron chi connectivity index (χ0n) is 18.1. The van der Waals surface area contributed by atoms with Gasteiger partial charge in [0.2, 0.25) is 0 Å². The Labute approximate surface area is 185 Å². The lowest BCUT2D eigenvalue weighted by Crippen LogP contribution is -2.19. The second kappa shape index (κ2) is 9.24. The van der Waals surface area contributed by atoms with Crippen LogP contribution in [-0.2, 0) is 12.8 Å². The van der Waals surface area contributed by atoms with Crippen molar-refractivity contribution < 1.29 is 26.7 Å². The van der Waals surface area contributed by atoms with Gasteiger partial charge in [0.25, 0.3) is 0 Å². The number of fused-ring (bicyclic) bond motifs is 1. The fourth-order valence-electron chi connectivity index (χ4n) is 5.18. The molecule has 2 aliphatic carbocycles. The molecule has 2 aromatic rings. The van der Waals surface area contributed by atoms with Gasteiger partial charge in [-0.05, 0) is 84.8 Å². The number of halogens is 5. The van der Waals surface area contributed by atoms with Crippen molar-refractivity contribution in [2.24, 2.45) is 5.92 Å². The Hall–Kier alpha value is -2.37. The first kappa shape index (κ1) is 22.8. The number of hydrogen-bond acceptors (Lipinski definition) is 1. The molecule has 0 aliphatic heterocycles. The van der Waals surface area contributed by atoms with Gasteiger partial charge in [0.05, 0.1) is 0 Å². The van der Waals surface area contributed by atoms with E-state index in [-0.39, 0.29) is 24.2 Å². The van der Waals surface area contributed by atoms with Gasteiger partial charge in [0.15, 0.2) is 11.6 Å². The summed E-state index contributed by atoms with van der Waals surface area (Å²) >= 11 is 0. The Morgan fingerprint density at radius 2 is 1.75 bits per heavy atom. The first-order valence-corrected chi connectivity index (χ1v) is 11.3. The van der Waals surface area contributed by atoms with Crippen LogP contribution in [0.2, 0.25) is 0 Å². The van der Waals surface area contributed by atoms with Crippen LogP contribution in [0.1, 0.15) is 73.6 Å². The van der Waals surface area contributed by atoms with E-state index >= 15 is 4.39 Å². The van der Waals surface area contributed by atoms with Crippen LogP contribution in [0.15, 0.2) is 36.4 Å². The van der Waals surface area contributed by atoms with Gasteiger partial charge in [-0.2, -0.15) is 0 Å². The molecule has 0 radical (unpaired) electrons. The van der Waals surface area contributed by atoms with Crippen molar-refractivity contribution >= 4 is 5.57 Å². The molecule has 0 aromatic heterocycles. The Morgan fingerprint density at radius 3 is 2.41 bits per heavy atom. The maximum absolute atomic E-state index is 15.0. The minimum Gasteiger partial charge on any atom is -0.403 e. The molecule has 0 saturated heterocycles. The minimum absolute atomic E-state index is 0.0915. The lowest BCUT2D eigenvalue weighted by atomic mass is 9.77. The van der Waals surface area contributed by atoms with Crippen molar-refractivity contribution in [3.63, 3.8) is 0 Å². The summed E-state index contributed by atoms with van der Waals surface area (Å²) in [5.41, 5.74) is 2.92. The Morgan fingerprint density at radius 1 is 1.00 bits per heavy atom. The van der Waals surface area contributed by atoms with Crippen molar-refractivity contribution in [2.75, 3.05) is 0 Å². The van der Waals surface area contributed by atoms with Gasteiger partial charge in [-0.1, -0.05) is 44.0 Å². The monoisotopic (exact) mass is 450 g/mol. The fraction of sp³-hybridized carbons (Fsp3) is 0.462. The third kappa shape index (κ3) is 5.00. The van der Waals surface area contributed by atoms with Crippen molar-refractivity contribution in [3.05, 3.63) is 70.3 Å². The highest BCUT2D eigenvalue weighted by atomic mass is 19.4. The number of benzene rings is 2. The molecule has 32 heavy (non-hydrogen) atoms. The first-order valence-electron chi connectivity index (χ1n) is 11.3. The van der Waals surface area contributed by atoms with Gasteiger partial charge in [0.1, 0.15) is 5.82 Å². The Kier molecular flexibility index (Phi) is 6.59. The molecule has 172 valence electrons. The molecule has 0 atom stereocenters. The SMILES string of the molecule is CCCC1CCC(c2ccc(C3=CCc4c(ccc(OC(F)(F)F)c4F)C3)c(F)c2)CC1. The molecule has 0 bridgehead atoms. The highest BCUT2D eigenvalue weighted by Gasteiger charge is 2.33. The summed E-state index contributed by atoms with van der Waals surface area (Å²) in [6.45, 7) is 2.21. The highest BCUT2D eigenvalue weighted by Crippen LogP contribution is 2.39. The van der Waals surface area contributed by atoms with E-state index in [4.69, 9.17) is 0 Å². The van der Waals surface area contributed by atoms with Crippen molar-refractivity contribution in [1.29, 1.82) is 0 Å². The van der Waals surface area contributed by atoms with E-state index in [2.05, 4.69) is 11.7 Å². The smallest absolute Gasteiger partial charge is 0.403 e. The molecular formula is C26H27F5O. The van der Waals surface area contributed by atoms with Gasteiger partial charge in [-0.3, -0.25) is 0 Å². The zero-order chi connectivity index (χ0) is 22.9. The standard InChI is InChI=1S/C26H27F5O/c1-2-3-16-4-6-17(7-5-16)18-8-11-21(23(27)15-18)19-9-12-22-20(14-19)10-13-24(25(22)28)32-26(29,30)31/h8-11,13,15-17H,2-7,12,14H2,1H3. The number of hydrogen-bond donors (Lipinski definition) is 0. The average Bonchev–Trinajstić information content (AvgIpc) is 2.75. The molecule has 1 nitrogen and oxygen atoms in total. The zero-order valence-corrected chi connectivity index (χ0v) is 18.1. The van der Waals surface area contributed by atoms with Crippen LogP contribution in [0.5, 0.6) is 5.75 Å². The van der Waals surface area contributed by atoms with Crippen LogP contribution in [-0.4, -0.2) is 6.36 Å². The maximum atomic E-state index is 15.0. The van der Waals surface area contributed by atoms with E-state index < -0.39 is 17.9 Å². The van der Waals surface area contributed by atoms with Gasteiger partial charge in [-0.15, -0.1) is 13.2 Å². The molecule has 2 aromatic carbocycles. The summed E-state index contributed by atoms with van der Waals surface area (Å²) in [4.78, 5) is 0. The summed E-state index contributed by atoms with van der Waals surface area (Å²) in [5, 5.41) is 0. The molecule has 0 unspecified atom stereocenters. The normalized spacial score (nSPS) is 21.1. The predicted molar refractivity (Wildman–Crippen MR) is 114 cm³/mol. The molecule has 6 heteroatoms. The van der Waals surface area contributed by atoms with Crippen LogP contribution >= 0.6 is 0 Å². The first-order chi connectivity index (χ1) is 15.2. The lowest BCUT2D eigenvalue weighted by Gasteiger charge is -2.29. The molecule has 0 N–H and O–H groups in total. The van der Waals surface area contributed by atoms with Crippen molar-refractivity contribution in [2.45, 2.75) is 70.6 Å². The highest BCUT2D eigenvalue weighted by molar-refractivity contribution is 5.71. The second-order valence-electron chi connectivity index (χ2n) is 8.92. The largest absolute Gasteiger partial charge is 0.573 e. The summed E-state index contributed by atoms with van der Waals surface area (Å²) in [6.07, 6.45) is 4.11. The summed E-state index contributed by atoms with van der Waals surface area (Å²) < 4.78 is 70.7. The molecular weight excluding hydrogens is 423 g/mol. The topological polar surface area (TPSA) is 9.23 Å². The average molecular weight is 450 g/mol. The van der Waals surface area contributed by atoms with Gasteiger partial charge >= 0.3 is 6.36 Å². The molecule has 0 amide bonds. The fourth-order valence-corrected chi connectivity index (χ4v) is 5.18. The van der Waals surface area contributed by atoms with Gasteiger partial charge in [0, 0.05) is 5.56 Å². The molecule has 0 heterocycles. The third-order valence-electron chi connectivity index (χ3n) is 6.82. The minimum atomic E-state index is -4.95. The van der Waals surface area contributed by atoms with E-state index in [1.807, 2.05) is 6.07 Å². The van der Waals surface area contributed by atoms with Gasteiger partial charge < -0.3 is 4.74 Å². The Bertz CT molecular complexity index is 1000. The summed E-state index contributed by atoms with van der Waals surface area (Å²) in [5.74, 6) is -0.976. The summed E-state index contributed by atoms with van der Waals surface area (Å²) in [7, 11) is 0. The van der Waals surface area contributed by atoms with Crippen LogP contribution in [0.4, 0.5) is 22.0 Å². The van der Waals surface area contributed by atoms with E-state index in [0.717, 1.165) is 36.0 Å². The molecule has 4 rings (SSSR count). The predicted octanol–water partition coefficient (Wildman–Crippen LogP) is 8.12. The number of ether oxygens (including phenoxy) is 1. The second-order valence-corrected chi connectivity index (χ2v) is 8.92. The van der Waals surface area contributed by atoms with E-state index in [0.29, 0.717) is 17.0 Å². The number of rotatable bonds is 5. The molecule has 1 saturated carbocycles. The van der Waals surface area contributed by atoms with Crippen molar-refractivity contribution in [3.8, 4) is 5.75 Å². The van der Waals surface area contributed by atoms with Crippen LogP contribution in [0.3, 0.4) is 0 Å². The van der Waals surface area contributed by atoms with Crippen LogP contribution in [0, 0.1) is 17.6 Å². The van der Waals surface area contributed by atoms with E-state index in [9.17, 15) is 17.6 Å².